The molecule has 8 heteroatoms. The second kappa shape index (κ2) is 6.16. The van der Waals surface area contributed by atoms with Crippen molar-refractivity contribution in [3.05, 3.63) is 24.4 Å². The monoisotopic (exact) mass is 256 g/mol. The second-order valence-electron chi connectivity index (χ2n) is 2.51. The van der Waals surface area contributed by atoms with Gasteiger partial charge < -0.3 is 4.74 Å². The van der Waals surface area contributed by atoms with Crippen LogP contribution in [0, 0.1) is 0 Å². The molecule has 1 aliphatic heterocycles. The summed E-state index contributed by atoms with van der Waals surface area (Å²) in [6.45, 7) is -1.63. The number of ether oxygens (including phenoxy) is 1. The minimum Gasteiger partial charge on any atom is -0.438 e. The van der Waals surface area contributed by atoms with Crippen LogP contribution in [0.1, 0.15) is 0 Å². The van der Waals surface area contributed by atoms with E-state index in [9.17, 15) is 18.0 Å². The van der Waals surface area contributed by atoms with Crippen LogP contribution in [0.2, 0.25) is 0 Å². The standard InChI is InChI=1S/C8H7F3N2O2.ClH/c9-8(10,11)6-15-7(14)13-5-3-1-2-4-12-13;/h1-5H,6H2;1H. The van der Waals surface area contributed by atoms with E-state index in [1.807, 2.05) is 0 Å². The summed E-state index contributed by atoms with van der Waals surface area (Å²) in [5, 5.41) is 4.19. The number of carbonyl (C=O) groups is 1. The molecule has 0 spiro atoms. The number of alkyl halides is 3. The van der Waals surface area contributed by atoms with Gasteiger partial charge in [-0.15, -0.1) is 12.4 Å². The molecule has 16 heavy (non-hydrogen) atoms. The van der Waals surface area contributed by atoms with Crippen LogP contribution in [-0.4, -0.2) is 30.1 Å². The van der Waals surface area contributed by atoms with E-state index in [-0.39, 0.29) is 12.4 Å². The molecule has 0 radical (unpaired) electrons. The first-order valence-corrected chi connectivity index (χ1v) is 3.89. The molecule has 0 aromatic rings. The van der Waals surface area contributed by atoms with Crippen molar-refractivity contribution >= 4 is 24.7 Å². The largest absolute Gasteiger partial charge is 0.438 e. The van der Waals surface area contributed by atoms with Crippen LogP contribution in [-0.2, 0) is 4.74 Å². The Morgan fingerprint density at radius 2 is 2.00 bits per heavy atom. The van der Waals surface area contributed by atoms with Gasteiger partial charge in [0.25, 0.3) is 0 Å². The third-order valence-corrected chi connectivity index (χ3v) is 1.27. The van der Waals surface area contributed by atoms with E-state index in [1.54, 1.807) is 6.08 Å². The molecular weight excluding hydrogens is 249 g/mol. The number of hydrazone groups is 1. The van der Waals surface area contributed by atoms with E-state index in [1.165, 1.54) is 24.6 Å². The Balaban J connectivity index is 0.00000225. The normalized spacial score (nSPS) is 14.3. The SMILES string of the molecule is Cl.O=C(OCC(F)(F)F)N1C=CC=CC=N1. The molecule has 0 unspecified atom stereocenters. The van der Waals surface area contributed by atoms with Crippen LogP contribution in [0.25, 0.3) is 0 Å². The Morgan fingerprint density at radius 3 is 2.62 bits per heavy atom. The van der Waals surface area contributed by atoms with Crippen molar-refractivity contribution in [1.29, 1.82) is 0 Å². The molecule has 0 aromatic heterocycles. The van der Waals surface area contributed by atoms with Crippen molar-refractivity contribution in [2.45, 2.75) is 6.18 Å². The van der Waals surface area contributed by atoms with Crippen molar-refractivity contribution in [3.8, 4) is 0 Å². The molecule has 0 N–H and O–H groups in total. The predicted molar refractivity (Wildman–Crippen MR) is 53.3 cm³/mol. The Labute approximate surface area is 95.5 Å². The Morgan fingerprint density at radius 1 is 1.31 bits per heavy atom. The first-order chi connectivity index (χ1) is 6.99. The summed E-state index contributed by atoms with van der Waals surface area (Å²) in [7, 11) is 0. The van der Waals surface area contributed by atoms with E-state index < -0.39 is 18.9 Å². The highest BCUT2D eigenvalue weighted by molar-refractivity contribution is 5.85. The van der Waals surface area contributed by atoms with Gasteiger partial charge in [-0.1, -0.05) is 6.08 Å². The van der Waals surface area contributed by atoms with E-state index >= 15 is 0 Å². The quantitative estimate of drug-likeness (QED) is 0.723. The molecule has 0 bridgehead atoms. The molecule has 0 aromatic carbocycles. The lowest BCUT2D eigenvalue weighted by Gasteiger charge is -2.12. The molecule has 1 rings (SSSR count). The maximum absolute atomic E-state index is 11.7. The minimum absolute atomic E-state index is 0. The molecule has 1 heterocycles. The number of hydrogen-bond acceptors (Lipinski definition) is 3. The fourth-order valence-electron chi connectivity index (χ4n) is 0.712. The van der Waals surface area contributed by atoms with Crippen molar-refractivity contribution in [2.24, 2.45) is 5.10 Å². The van der Waals surface area contributed by atoms with Crippen molar-refractivity contribution < 1.29 is 22.7 Å². The van der Waals surface area contributed by atoms with Gasteiger partial charge in [0.05, 0.1) is 0 Å². The van der Waals surface area contributed by atoms with Crippen molar-refractivity contribution in [3.63, 3.8) is 0 Å². The van der Waals surface area contributed by atoms with Gasteiger partial charge in [0.1, 0.15) is 0 Å². The van der Waals surface area contributed by atoms with Gasteiger partial charge in [-0.3, -0.25) is 0 Å². The maximum atomic E-state index is 11.7. The first kappa shape index (κ1) is 14.5. The fraction of sp³-hybridized carbons (Fsp3) is 0.250. The zero-order valence-electron chi connectivity index (χ0n) is 7.85. The molecule has 0 saturated heterocycles. The second-order valence-corrected chi connectivity index (χ2v) is 2.51. The Bertz CT molecular complexity index is 310. The molecule has 0 atom stereocenters. The van der Waals surface area contributed by atoms with E-state index in [4.69, 9.17) is 0 Å². The molecular formula is C8H8ClF3N2O2. The van der Waals surface area contributed by atoms with Gasteiger partial charge in [0, 0.05) is 12.4 Å². The van der Waals surface area contributed by atoms with Gasteiger partial charge in [0.15, 0.2) is 6.61 Å². The number of carbonyl (C=O) groups excluding carboxylic acids is 1. The lowest BCUT2D eigenvalue weighted by atomic mass is 10.5. The average molecular weight is 257 g/mol. The van der Waals surface area contributed by atoms with Crippen LogP contribution < -0.4 is 0 Å². The van der Waals surface area contributed by atoms with E-state index in [2.05, 4.69) is 9.84 Å². The summed E-state index contributed by atoms with van der Waals surface area (Å²) in [4.78, 5) is 11.0. The predicted octanol–water partition coefficient (Wildman–Crippen LogP) is 2.48. The molecule has 0 aliphatic carbocycles. The first-order valence-electron chi connectivity index (χ1n) is 3.89. The number of hydrogen-bond donors (Lipinski definition) is 0. The third-order valence-electron chi connectivity index (χ3n) is 1.27. The lowest BCUT2D eigenvalue weighted by Crippen LogP contribution is -2.27. The summed E-state index contributed by atoms with van der Waals surface area (Å²) in [6, 6.07) is 0. The van der Waals surface area contributed by atoms with Crippen LogP contribution in [0.3, 0.4) is 0 Å². The van der Waals surface area contributed by atoms with Crippen LogP contribution in [0.5, 0.6) is 0 Å². The minimum atomic E-state index is -4.53. The van der Waals surface area contributed by atoms with Gasteiger partial charge in [0.2, 0.25) is 0 Å². The zero-order valence-corrected chi connectivity index (χ0v) is 8.66. The summed E-state index contributed by atoms with van der Waals surface area (Å²) in [5.74, 6) is 0. The van der Waals surface area contributed by atoms with Gasteiger partial charge >= 0.3 is 12.3 Å². The lowest BCUT2D eigenvalue weighted by molar-refractivity contribution is -0.161. The summed E-state index contributed by atoms with van der Waals surface area (Å²) < 4.78 is 39.1. The van der Waals surface area contributed by atoms with Gasteiger partial charge in [-0.2, -0.15) is 23.3 Å². The number of halogens is 4. The molecule has 1 amide bonds. The van der Waals surface area contributed by atoms with Crippen LogP contribution in [0.4, 0.5) is 18.0 Å². The smallest absolute Gasteiger partial charge is 0.434 e. The molecule has 0 saturated carbocycles. The highest BCUT2D eigenvalue weighted by atomic mass is 35.5. The van der Waals surface area contributed by atoms with Gasteiger partial charge in [-0.25, -0.2) is 4.79 Å². The van der Waals surface area contributed by atoms with Crippen molar-refractivity contribution in [1.82, 2.24) is 5.01 Å². The summed E-state index contributed by atoms with van der Waals surface area (Å²) >= 11 is 0. The highest BCUT2D eigenvalue weighted by Crippen LogP contribution is 2.15. The topological polar surface area (TPSA) is 41.9 Å². The van der Waals surface area contributed by atoms with Crippen LogP contribution in [0.15, 0.2) is 29.5 Å². The number of allylic oxidation sites excluding steroid dienone is 3. The molecule has 1 aliphatic rings. The zero-order chi connectivity index (χ0) is 11.3. The number of nitrogens with zero attached hydrogens (tertiary/aromatic N) is 2. The Kier molecular flexibility index (Phi) is 5.59. The van der Waals surface area contributed by atoms with Crippen molar-refractivity contribution in [2.75, 3.05) is 6.61 Å². The fourth-order valence-corrected chi connectivity index (χ4v) is 0.712. The van der Waals surface area contributed by atoms with Gasteiger partial charge in [-0.05, 0) is 12.2 Å². The Hall–Kier alpha value is -1.50. The molecule has 90 valence electrons. The number of amides is 1. The summed E-state index contributed by atoms with van der Waals surface area (Å²) in [6.07, 6.45) is 1.28. The van der Waals surface area contributed by atoms with Crippen LogP contribution >= 0.6 is 12.4 Å². The number of rotatable bonds is 1. The third kappa shape index (κ3) is 5.40. The molecule has 0 fully saturated rings. The summed E-state index contributed by atoms with van der Waals surface area (Å²) in [5.41, 5.74) is 0. The molecule has 4 nitrogen and oxygen atoms in total. The average Bonchev–Trinajstić information content (AvgIpc) is 2.41. The van der Waals surface area contributed by atoms with E-state index in [0.717, 1.165) is 0 Å². The highest BCUT2D eigenvalue weighted by Gasteiger charge is 2.30. The maximum Gasteiger partial charge on any atom is 0.434 e. The van der Waals surface area contributed by atoms with E-state index in [0.29, 0.717) is 5.01 Å².